The minimum absolute atomic E-state index is 0. The van der Waals surface area contributed by atoms with E-state index in [1.54, 1.807) is 12.0 Å². The number of halogens is 1. The van der Waals surface area contributed by atoms with Crippen LogP contribution >= 0.6 is 24.0 Å². The van der Waals surface area contributed by atoms with Gasteiger partial charge in [-0.25, -0.2) is 0 Å². The fourth-order valence-corrected chi connectivity index (χ4v) is 2.37. The first kappa shape index (κ1) is 26.6. The average Bonchev–Trinajstić information content (AvgIpc) is 2.67. The lowest BCUT2D eigenvalue weighted by Crippen LogP contribution is -2.39. The molecule has 0 spiro atoms. The Balaban J connectivity index is 0.00000729. The second kappa shape index (κ2) is 17.7. The second-order valence-electron chi connectivity index (χ2n) is 6.13. The summed E-state index contributed by atoms with van der Waals surface area (Å²) in [5, 5.41) is 6.40. The summed E-state index contributed by atoms with van der Waals surface area (Å²) in [7, 11) is 3.49. The van der Waals surface area contributed by atoms with Crippen LogP contribution in [0.3, 0.4) is 0 Å². The number of carbonyl (C=O) groups excluding carboxylic acids is 1. The standard InChI is InChI=1S/C20H34N4O3.HI/c1-4-21-20(22-12-8-14-27-16-15-26-3)23-13-11-19(25)24(2)17-18-9-6-5-7-10-18;/h5-7,9-10H,4,8,11-17H2,1-3H3,(H2,21,22,23);1H. The highest BCUT2D eigenvalue weighted by Crippen LogP contribution is 2.03. The molecule has 1 aromatic carbocycles. The predicted molar refractivity (Wildman–Crippen MR) is 124 cm³/mol. The Morgan fingerprint density at radius 1 is 1.14 bits per heavy atom. The highest BCUT2D eigenvalue weighted by molar-refractivity contribution is 14.0. The Labute approximate surface area is 186 Å². The Kier molecular flexibility index (Phi) is 16.8. The molecule has 8 heteroatoms. The highest BCUT2D eigenvalue weighted by Gasteiger charge is 2.09. The van der Waals surface area contributed by atoms with Crippen LogP contribution < -0.4 is 10.6 Å². The number of guanidine groups is 1. The Morgan fingerprint density at radius 3 is 2.57 bits per heavy atom. The van der Waals surface area contributed by atoms with Crippen molar-refractivity contribution in [2.24, 2.45) is 4.99 Å². The summed E-state index contributed by atoms with van der Waals surface area (Å²) in [4.78, 5) is 18.5. The van der Waals surface area contributed by atoms with E-state index in [2.05, 4.69) is 15.6 Å². The number of nitrogens with one attached hydrogen (secondary N) is 2. The average molecular weight is 506 g/mol. The zero-order valence-corrected chi connectivity index (χ0v) is 19.6. The van der Waals surface area contributed by atoms with Crippen LogP contribution in [0.15, 0.2) is 35.3 Å². The number of hydrogen-bond donors (Lipinski definition) is 2. The number of hydrogen-bond acceptors (Lipinski definition) is 4. The van der Waals surface area contributed by atoms with E-state index >= 15 is 0 Å². The van der Waals surface area contributed by atoms with Gasteiger partial charge in [-0.1, -0.05) is 30.3 Å². The SMILES string of the molecule is CCNC(=NCCCOCCOC)NCCC(=O)N(C)Cc1ccccc1.I. The van der Waals surface area contributed by atoms with Crippen molar-refractivity contribution in [2.75, 3.05) is 53.6 Å². The van der Waals surface area contributed by atoms with Gasteiger partial charge in [0.05, 0.1) is 13.2 Å². The third kappa shape index (κ3) is 12.9. The molecule has 7 nitrogen and oxygen atoms in total. The van der Waals surface area contributed by atoms with Gasteiger partial charge in [0.2, 0.25) is 5.91 Å². The Morgan fingerprint density at radius 2 is 1.89 bits per heavy atom. The smallest absolute Gasteiger partial charge is 0.224 e. The summed E-state index contributed by atoms with van der Waals surface area (Å²) in [6, 6.07) is 9.99. The van der Waals surface area contributed by atoms with Gasteiger partial charge < -0.3 is 25.0 Å². The quantitative estimate of drug-likeness (QED) is 0.186. The van der Waals surface area contributed by atoms with E-state index in [0.717, 1.165) is 24.5 Å². The van der Waals surface area contributed by atoms with Crippen molar-refractivity contribution < 1.29 is 14.3 Å². The third-order valence-electron chi connectivity index (χ3n) is 3.81. The van der Waals surface area contributed by atoms with E-state index < -0.39 is 0 Å². The van der Waals surface area contributed by atoms with Crippen molar-refractivity contribution in [3.05, 3.63) is 35.9 Å². The summed E-state index contributed by atoms with van der Waals surface area (Å²) in [5.41, 5.74) is 1.13. The van der Waals surface area contributed by atoms with Crippen LogP contribution in [0, 0.1) is 0 Å². The lowest BCUT2D eigenvalue weighted by atomic mass is 10.2. The van der Waals surface area contributed by atoms with Crippen LogP contribution in [0.1, 0.15) is 25.3 Å². The minimum atomic E-state index is 0. The van der Waals surface area contributed by atoms with Gasteiger partial charge >= 0.3 is 0 Å². The number of ether oxygens (including phenoxy) is 2. The maximum atomic E-state index is 12.3. The van der Waals surface area contributed by atoms with Crippen LogP contribution in [0.25, 0.3) is 0 Å². The summed E-state index contributed by atoms with van der Waals surface area (Å²) < 4.78 is 10.3. The molecule has 1 aromatic rings. The zero-order chi connectivity index (χ0) is 19.7. The van der Waals surface area contributed by atoms with Gasteiger partial charge in [0, 0.05) is 53.4 Å². The van der Waals surface area contributed by atoms with Gasteiger partial charge in [-0.15, -0.1) is 24.0 Å². The van der Waals surface area contributed by atoms with E-state index in [1.165, 1.54) is 0 Å². The van der Waals surface area contributed by atoms with E-state index in [4.69, 9.17) is 9.47 Å². The number of rotatable bonds is 13. The molecule has 0 bridgehead atoms. The van der Waals surface area contributed by atoms with Gasteiger partial charge in [0.1, 0.15) is 0 Å². The van der Waals surface area contributed by atoms with Crippen molar-refractivity contribution >= 4 is 35.8 Å². The Hall–Kier alpha value is -1.39. The molecule has 0 heterocycles. The predicted octanol–water partition coefficient (Wildman–Crippen LogP) is 2.26. The number of methoxy groups -OCH3 is 1. The highest BCUT2D eigenvalue weighted by atomic mass is 127. The number of amides is 1. The fourth-order valence-electron chi connectivity index (χ4n) is 2.37. The molecular formula is C20H35IN4O3. The van der Waals surface area contributed by atoms with Crippen molar-refractivity contribution in [3.8, 4) is 0 Å². The molecule has 0 aliphatic heterocycles. The number of aliphatic imine (C=N–C) groups is 1. The number of benzene rings is 1. The van der Waals surface area contributed by atoms with Crippen molar-refractivity contribution in [3.63, 3.8) is 0 Å². The molecule has 1 rings (SSSR count). The van der Waals surface area contributed by atoms with E-state index in [9.17, 15) is 4.79 Å². The van der Waals surface area contributed by atoms with Crippen LogP contribution in [0.5, 0.6) is 0 Å². The first-order chi connectivity index (χ1) is 13.2. The topological polar surface area (TPSA) is 75.2 Å². The molecule has 28 heavy (non-hydrogen) atoms. The lowest BCUT2D eigenvalue weighted by molar-refractivity contribution is -0.130. The van der Waals surface area contributed by atoms with E-state index in [0.29, 0.717) is 45.9 Å². The van der Waals surface area contributed by atoms with Crippen LogP contribution in [-0.4, -0.2) is 70.4 Å². The summed E-state index contributed by atoms with van der Waals surface area (Å²) in [6.45, 7) is 6.52. The summed E-state index contributed by atoms with van der Waals surface area (Å²) >= 11 is 0. The molecule has 0 saturated heterocycles. The van der Waals surface area contributed by atoms with Gasteiger partial charge in [-0.3, -0.25) is 9.79 Å². The van der Waals surface area contributed by atoms with Gasteiger partial charge in [0.25, 0.3) is 0 Å². The molecular weight excluding hydrogens is 471 g/mol. The van der Waals surface area contributed by atoms with Crippen LogP contribution in [0.2, 0.25) is 0 Å². The van der Waals surface area contributed by atoms with E-state index in [-0.39, 0.29) is 29.9 Å². The molecule has 1 amide bonds. The van der Waals surface area contributed by atoms with Crippen molar-refractivity contribution in [1.29, 1.82) is 0 Å². The van der Waals surface area contributed by atoms with Crippen LogP contribution in [0.4, 0.5) is 0 Å². The molecule has 0 atom stereocenters. The normalized spacial score (nSPS) is 10.9. The van der Waals surface area contributed by atoms with Gasteiger partial charge in [-0.05, 0) is 18.9 Å². The largest absolute Gasteiger partial charge is 0.382 e. The molecule has 0 aromatic heterocycles. The zero-order valence-electron chi connectivity index (χ0n) is 17.3. The fraction of sp³-hybridized carbons (Fsp3) is 0.600. The van der Waals surface area contributed by atoms with E-state index in [1.807, 2.05) is 44.3 Å². The first-order valence-corrected chi connectivity index (χ1v) is 9.54. The second-order valence-corrected chi connectivity index (χ2v) is 6.13. The molecule has 0 saturated carbocycles. The lowest BCUT2D eigenvalue weighted by Gasteiger charge is -2.18. The molecule has 2 N–H and O–H groups in total. The van der Waals surface area contributed by atoms with Crippen molar-refractivity contribution in [1.82, 2.24) is 15.5 Å². The minimum Gasteiger partial charge on any atom is -0.382 e. The number of carbonyl (C=O) groups is 1. The maximum Gasteiger partial charge on any atom is 0.224 e. The monoisotopic (exact) mass is 506 g/mol. The molecule has 0 unspecified atom stereocenters. The molecule has 0 aliphatic rings. The molecule has 0 radical (unpaired) electrons. The van der Waals surface area contributed by atoms with Crippen molar-refractivity contribution in [2.45, 2.75) is 26.3 Å². The number of nitrogens with zero attached hydrogens (tertiary/aromatic N) is 2. The Bertz CT molecular complexity index is 544. The van der Waals surface area contributed by atoms with Gasteiger partial charge in [-0.2, -0.15) is 0 Å². The summed E-state index contributed by atoms with van der Waals surface area (Å²) in [5.74, 6) is 0.835. The maximum absolute atomic E-state index is 12.3. The third-order valence-corrected chi connectivity index (χ3v) is 3.81. The molecule has 160 valence electrons. The van der Waals surface area contributed by atoms with Crippen LogP contribution in [-0.2, 0) is 20.8 Å². The molecule has 0 aliphatic carbocycles. The first-order valence-electron chi connectivity index (χ1n) is 9.54. The van der Waals surface area contributed by atoms with Gasteiger partial charge in [0.15, 0.2) is 5.96 Å². The summed E-state index contributed by atoms with van der Waals surface area (Å²) in [6.07, 6.45) is 1.27. The molecule has 0 fully saturated rings.